The van der Waals surface area contributed by atoms with Crippen LogP contribution in [0.15, 0.2) is 24.3 Å². The number of benzene rings is 1. The van der Waals surface area contributed by atoms with Crippen molar-refractivity contribution in [1.82, 2.24) is 5.32 Å². The molecule has 0 radical (unpaired) electrons. The van der Waals surface area contributed by atoms with Crippen molar-refractivity contribution in [3.8, 4) is 0 Å². The number of amides is 3. The van der Waals surface area contributed by atoms with E-state index < -0.39 is 41.6 Å². The Labute approximate surface area is 161 Å². The van der Waals surface area contributed by atoms with Gasteiger partial charge in [-0.3, -0.25) is 24.0 Å². The SMILES string of the molecule is COC(=O)C(C(=O)OC)[C@@H](C)[C@@H](NC(=O)c1ccc(NC(C)=O)cc1)C(N)=O. The van der Waals surface area contributed by atoms with E-state index in [1.165, 1.54) is 38.1 Å². The molecule has 1 rings (SSSR count). The Hall–Kier alpha value is -3.43. The first-order valence-electron chi connectivity index (χ1n) is 8.25. The molecule has 10 nitrogen and oxygen atoms in total. The van der Waals surface area contributed by atoms with Gasteiger partial charge in [-0.1, -0.05) is 6.92 Å². The van der Waals surface area contributed by atoms with Crippen LogP contribution in [-0.2, 0) is 28.7 Å². The van der Waals surface area contributed by atoms with Crippen LogP contribution in [0.4, 0.5) is 5.69 Å². The molecule has 0 fully saturated rings. The third kappa shape index (κ3) is 5.79. The maximum Gasteiger partial charge on any atom is 0.320 e. The van der Waals surface area contributed by atoms with E-state index in [0.29, 0.717) is 5.69 Å². The van der Waals surface area contributed by atoms with Crippen molar-refractivity contribution >= 4 is 35.3 Å². The molecule has 0 aliphatic heterocycles. The van der Waals surface area contributed by atoms with Crippen LogP contribution in [0.1, 0.15) is 24.2 Å². The van der Waals surface area contributed by atoms with Crippen LogP contribution < -0.4 is 16.4 Å². The molecule has 1 aromatic carbocycles. The molecule has 0 saturated carbocycles. The van der Waals surface area contributed by atoms with Crippen molar-refractivity contribution in [3.63, 3.8) is 0 Å². The number of carbonyl (C=O) groups excluding carboxylic acids is 5. The number of nitrogens with one attached hydrogen (secondary N) is 2. The summed E-state index contributed by atoms with van der Waals surface area (Å²) in [7, 11) is 2.17. The minimum atomic E-state index is -1.45. The zero-order valence-electron chi connectivity index (χ0n) is 16.0. The van der Waals surface area contributed by atoms with E-state index in [-0.39, 0.29) is 11.5 Å². The molecule has 1 aromatic rings. The Morgan fingerprint density at radius 1 is 0.964 bits per heavy atom. The standard InChI is InChI=1S/C18H23N3O7/c1-9(13(17(25)27-3)18(26)28-4)14(15(19)23)21-16(24)11-5-7-12(8-6-11)20-10(2)22/h5-9,13-14H,1-4H3,(H2,19,23)(H,20,22)(H,21,24)/t9-,14-/m1/s1. The number of nitrogens with two attached hydrogens (primary N) is 1. The van der Waals surface area contributed by atoms with E-state index in [0.717, 1.165) is 14.2 Å². The van der Waals surface area contributed by atoms with Crippen molar-refractivity contribution in [3.05, 3.63) is 29.8 Å². The first-order chi connectivity index (χ1) is 13.1. The predicted molar refractivity (Wildman–Crippen MR) is 97.9 cm³/mol. The molecule has 152 valence electrons. The number of methoxy groups -OCH3 is 2. The highest BCUT2D eigenvalue weighted by Crippen LogP contribution is 2.20. The minimum absolute atomic E-state index is 0.181. The van der Waals surface area contributed by atoms with E-state index in [1.807, 2.05) is 0 Å². The molecule has 4 N–H and O–H groups in total. The molecule has 0 unspecified atom stereocenters. The number of primary amides is 1. The van der Waals surface area contributed by atoms with Crippen molar-refractivity contribution < 1.29 is 33.4 Å². The fraction of sp³-hybridized carbons (Fsp3) is 0.389. The molecular formula is C18H23N3O7. The average Bonchev–Trinajstić information content (AvgIpc) is 2.65. The van der Waals surface area contributed by atoms with Crippen LogP contribution in [0.25, 0.3) is 0 Å². The summed E-state index contributed by atoms with van der Waals surface area (Å²) in [6, 6.07) is 4.53. The lowest BCUT2D eigenvalue weighted by Crippen LogP contribution is -2.52. The molecule has 28 heavy (non-hydrogen) atoms. The maximum absolute atomic E-state index is 12.5. The zero-order valence-corrected chi connectivity index (χ0v) is 16.0. The summed E-state index contributed by atoms with van der Waals surface area (Å²) in [5.41, 5.74) is 6.03. The molecule has 0 spiro atoms. The quantitative estimate of drug-likeness (QED) is 0.409. The van der Waals surface area contributed by atoms with Gasteiger partial charge in [-0.05, 0) is 24.3 Å². The number of carbonyl (C=O) groups is 5. The van der Waals surface area contributed by atoms with E-state index in [2.05, 4.69) is 20.1 Å². The lowest BCUT2D eigenvalue weighted by Gasteiger charge is -2.26. The molecule has 0 bridgehead atoms. The van der Waals surface area contributed by atoms with Gasteiger partial charge in [0.2, 0.25) is 11.8 Å². The van der Waals surface area contributed by atoms with Crippen LogP contribution in [0.5, 0.6) is 0 Å². The third-order valence-electron chi connectivity index (χ3n) is 4.02. The number of rotatable bonds is 8. The van der Waals surface area contributed by atoms with Crippen LogP contribution >= 0.6 is 0 Å². The van der Waals surface area contributed by atoms with Gasteiger partial charge < -0.3 is 25.8 Å². The lowest BCUT2D eigenvalue weighted by atomic mass is 9.86. The Bertz CT molecular complexity index is 745. The van der Waals surface area contributed by atoms with Crippen molar-refractivity contribution in [1.29, 1.82) is 0 Å². The number of hydrogen-bond acceptors (Lipinski definition) is 7. The molecule has 0 aliphatic rings. The van der Waals surface area contributed by atoms with Gasteiger partial charge in [-0.25, -0.2) is 0 Å². The van der Waals surface area contributed by atoms with Crippen molar-refractivity contribution in [2.45, 2.75) is 19.9 Å². The number of anilines is 1. The fourth-order valence-corrected chi connectivity index (χ4v) is 2.57. The molecule has 2 atom stereocenters. The minimum Gasteiger partial charge on any atom is -0.468 e. The van der Waals surface area contributed by atoms with E-state index in [4.69, 9.17) is 5.73 Å². The molecule has 0 heterocycles. The van der Waals surface area contributed by atoms with E-state index in [1.54, 1.807) is 0 Å². The van der Waals surface area contributed by atoms with Crippen LogP contribution in [0, 0.1) is 11.8 Å². The van der Waals surface area contributed by atoms with Gasteiger partial charge in [0.15, 0.2) is 5.92 Å². The van der Waals surface area contributed by atoms with E-state index in [9.17, 15) is 24.0 Å². The number of ether oxygens (including phenoxy) is 2. The summed E-state index contributed by atoms with van der Waals surface area (Å²) in [5, 5.41) is 4.97. The number of hydrogen-bond donors (Lipinski definition) is 3. The summed E-state index contributed by atoms with van der Waals surface area (Å²) in [4.78, 5) is 59.2. The lowest BCUT2D eigenvalue weighted by molar-refractivity contribution is -0.162. The van der Waals surface area contributed by atoms with Gasteiger partial charge in [-0.2, -0.15) is 0 Å². The first kappa shape index (κ1) is 22.6. The van der Waals surface area contributed by atoms with Gasteiger partial charge in [0.05, 0.1) is 14.2 Å². The second kappa shape index (κ2) is 10.0. The largest absolute Gasteiger partial charge is 0.468 e. The summed E-state index contributed by atoms with van der Waals surface area (Å²) in [6.07, 6.45) is 0. The third-order valence-corrected chi connectivity index (χ3v) is 4.02. The van der Waals surface area contributed by atoms with E-state index >= 15 is 0 Å². The molecule has 0 saturated heterocycles. The highest BCUT2D eigenvalue weighted by Gasteiger charge is 2.41. The highest BCUT2D eigenvalue weighted by atomic mass is 16.5. The highest BCUT2D eigenvalue weighted by molar-refractivity contribution is 6.00. The Morgan fingerprint density at radius 2 is 1.46 bits per heavy atom. The molecular weight excluding hydrogens is 370 g/mol. The van der Waals surface area contributed by atoms with Gasteiger partial charge >= 0.3 is 11.9 Å². The van der Waals surface area contributed by atoms with Crippen molar-refractivity contribution in [2.75, 3.05) is 19.5 Å². The average molecular weight is 393 g/mol. The first-order valence-corrected chi connectivity index (χ1v) is 8.25. The summed E-state index contributed by atoms with van der Waals surface area (Å²) in [5.74, 6) is -6.17. The molecule has 0 aliphatic carbocycles. The second-order valence-electron chi connectivity index (χ2n) is 6.00. The van der Waals surface area contributed by atoms with Crippen LogP contribution in [-0.4, -0.2) is 49.9 Å². The van der Waals surface area contributed by atoms with Gasteiger partial charge in [0.1, 0.15) is 6.04 Å². The summed E-state index contributed by atoms with van der Waals surface area (Å²) < 4.78 is 9.16. The van der Waals surface area contributed by atoms with Crippen LogP contribution in [0.2, 0.25) is 0 Å². The van der Waals surface area contributed by atoms with Crippen molar-refractivity contribution in [2.24, 2.45) is 17.6 Å². The molecule has 3 amide bonds. The predicted octanol–water partition coefficient (Wildman–Crippen LogP) is -0.173. The Kier molecular flexibility index (Phi) is 8.11. The number of esters is 2. The monoisotopic (exact) mass is 393 g/mol. The normalized spacial score (nSPS) is 12.5. The summed E-state index contributed by atoms with van der Waals surface area (Å²) in [6.45, 7) is 2.74. The Balaban J connectivity index is 3.03. The Morgan fingerprint density at radius 3 is 1.86 bits per heavy atom. The van der Waals surface area contributed by atoms with Gasteiger partial charge in [0, 0.05) is 24.1 Å². The molecule has 0 aromatic heterocycles. The van der Waals surface area contributed by atoms with Gasteiger partial charge in [-0.15, -0.1) is 0 Å². The topological polar surface area (TPSA) is 154 Å². The maximum atomic E-state index is 12.5. The zero-order chi connectivity index (χ0) is 21.4. The van der Waals surface area contributed by atoms with Gasteiger partial charge in [0.25, 0.3) is 5.91 Å². The second-order valence-corrected chi connectivity index (χ2v) is 6.00. The molecule has 10 heteroatoms. The van der Waals surface area contributed by atoms with Crippen LogP contribution in [0.3, 0.4) is 0 Å². The fourth-order valence-electron chi connectivity index (χ4n) is 2.57. The smallest absolute Gasteiger partial charge is 0.320 e. The summed E-state index contributed by atoms with van der Waals surface area (Å²) >= 11 is 0.